The minimum absolute atomic E-state index is 0.178. The molecular formula is C10H16OS. The van der Waals surface area contributed by atoms with Gasteiger partial charge in [0.1, 0.15) is 0 Å². The molecule has 0 aromatic carbocycles. The minimum Gasteiger partial charge on any atom is -0.375 e. The quantitative estimate of drug-likeness (QED) is 0.571. The Bertz CT molecular complexity index is 214. The SMILES string of the molecule is CC1(C)OCC2C3CCC(S3)C21. The first-order valence-corrected chi connectivity index (χ1v) is 5.92. The lowest BCUT2D eigenvalue weighted by molar-refractivity contribution is 0.0106. The summed E-state index contributed by atoms with van der Waals surface area (Å²) < 4.78 is 5.87. The van der Waals surface area contributed by atoms with Crippen LogP contribution in [0, 0.1) is 11.8 Å². The molecule has 0 radical (unpaired) electrons. The molecule has 4 atom stereocenters. The molecule has 4 unspecified atom stereocenters. The molecule has 2 bridgehead atoms. The molecule has 68 valence electrons. The van der Waals surface area contributed by atoms with Gasteiger partial charge in [-0.3, -0.25) is 0 Å². The van der Waals surface area contributed by atoms with E-state index in [2.05, 4.69) is 25.6 Å². The smallest absolute Gasteiger partial charge is 0.0669 e. The third-order valence-corrected chi connectivity index (χ3v) is 5.69. The maximum Gasteiger partial charge on any atom is 0.0669 e. The van der Waals surface area contributed by atoms with Crippen LogP contribution in [0.5, 0.6) is 0 Å². The van der Waals surface area contributed by atoms with Gasteiger partial charge in [0.25, 0.3) is 0 Å². The molecule has 3 saturated heterocycles. The second-order valence-corrected chi connectivity index (χ2v) is 6.38. The fourth-order valence-corrected chi connectivity index (χ4v) is 5.50. The molecular weight excluding hydrogens is 168 g/mol. The van der Waals surface area contributed by atoms with Crippen LogP contribution in [0.1, 0.15) is 26.7 Å². The monoisotopic (exact) mass is 184 g/mol. The summed E-state index contributed by atoms with van der Waals surface area (Å²) in [7, 11) is 0. The number of fused-ring (bicyclic) bond motifs is 5. The first-order chi connectivity index (χ1) is 5.68. The summed E-state index contributed by atoms with van der Waals surface area (Å²) >= 11 is 2.25. The van der Waals surface area contributed by atoms with E-state index in [9.17, 15) is 0 Å². The van der Waals surface area contributed by atoms with Crippen molar-refractivity contribution in [1.82, 2.24) is 0 Å². The summed E-state index contributed by atoms with van der Waals surface area (Å²) in [6.45, 7) is 5.59. The van der Waals surface area contributed by atoms with Crippen LogP contribution in [0.3, 0.4) is 0 Å². The summed E-state index contributed by atoms with van der Waals surface area (Å²) in [6.07, 6.45) is 2.90. The highest BCUT2D eigenvalue weighted by Crippen LogP contribution is 2.59. The van der Waals surface area contributed by atoms with E-state index in [1.54, 1.807) is 0 Å². The summed E-state index contributed by atoms with van der Waals surface area (Å²) in [4.78, 5) is 0. The van der Waals surface area contributed by atoms with Crippen molar-refractivity contribution in [2.24, 2.45) is 11.8 Å². The van der Waals surface area contributed by atoms with E-state index >= 15 is 0 Å². The van der Waals surface area contributed by atoms with Crippen molar-refractivity contribution in [1.29, 1.82) is 0 Å². The van der Waals surface area contributed by atoms with Crippen LogP contribution in [-0.2, 0) is 4.74 Å². The predicted molar refractivity (Wildman–Crippen MR) is 51.4 cm³/mol. The van der Waals surface area contributed by atoms with Gasteiger partial charge in [-0.25, -0.2) is 0 Å². The Labute approximate surface area is 78.2 Å². The van der Waals surface area contributed by atoms with Crippen LogP contribution in [-0.4, -0.2) is 22.7 Å². The van der Waals surface area contributed by atoms with E-state index in [1.165, 1.54) is 12.8 Å². The average molecular weight is 184 g/mol. The lowest BCUT2D eigenvalue weighted by Gasteiger charge is -2.30. The molecule has 0 spiro atoms. The Morgan fingerprint density at radius 1 is 1.25 bits per heavy atom. The van der Waals surface area contributed by atoms with Gasteiger partial charge in [-0.05, 0) is 26.7 Å². The third kappa shape index (κ3) is 0.805. The fourth-order valence-electron chi connectivity index (χ4n) is 3.36. The molecule has 1 nitrogen and oxygen atoms in total. The van der Waals surface area contributed by atoms with Crippen molar-refractivity contribution < 1.29 is 4.74 Å². The number of rotatable bonds is 0. The molecule has 3 aliphatic rings. The van der Waals surface area contributed by atoms with E-state index in [-0.39, 0.29) is 5.60 Å². The van der Waals surface area contributed by atoms with E-state index < -0.39 is 0 Å². The van der Waals surface area contributed by atoms with Crippen LogP contribution in [0.4, 0.5) is 0 Å². The zero-order valence-electron chi connectivity index (χ0n) is 7.75. The van der Waals surface area contributed by atoms with Crippen LogP contribution < -0.4 is 0 Å². The third-order valence-electron chi connectivity index (χ3n) is 3.88. The number of hydrogen-bond donors (Lipinski definition) is 0. The molecule has 0 saturated carbocycles. The van der Waals surface area contributed by atoms with Gasteiger partial charge in [0.2, 0.25) is 0 Å². The standard InChI is InChI=1S/C10H16OS/c1-10(2)9-6(5-11-10)7-3-4-8(9)12-7/h6-9H,3-5H2,1-2H3. The van der Waals surface area contributed by atoms with Crippen LogP contribution >= 0.6 is 11.8 Å². The molecule has 2 heteroatoms. The molecule has 0 aliphatic carbocycles. The topological polar surface area (TPSA) is 9.23 Å². The molecule has 3 rings (SSSR count). The largest absolute Gasteiger partial charge is 0.375 e. The van der Waals surface area contributed by atoms with Gasteiger partial charge in [0.05, 0.1) is 12.2 Å². The predicted octanol–water partition coefficient (Wildman–Crippen LogP) is 2.31. The molecule has 3 aliphatic heterocycles. The molecule has 3 fully saturated rings. The number of thioether (sulfide) groups is 1. The van der Waals surface area contributed by atoms with Crippen LogP contribution in [0.25, 0.3) is 0 Å². The zero-order valence-corrected chi connectivity index (χ0v) is 8.56. The highest BCUT2D eigenvalue weighted by Gasteiger charge is 2.58. The van der Waals surface area contributed by atoms with Crippen molar-refractivity contribution in [2.45, 2.75) is 42.8 Å². The first-order valence-electron chi connectivity index (χ1n) is 4.98. The normalized spacial score (nSPS) is 54.5. The summed E-state index contributed by atoms with van der Waals surface area (Å²) in [5.41, 5.74) is 0.178. The van der Waals surface area contributed by atoms with Gasteiger partial charge >= 0.3 is 0 Å². The second-order valence-electron chi connectivity index (χ2n) is 4.89. The van der Waals surface area contributed by atoms with Crippen molar-refractivity contribution in [3.8, 4) is 0 Å². The van der Waals surface area contributed by atoms with Crippen molar-refractivity contribution in [3.05, 3.63) is 0 Å². The highest BCUT2D eigenvalue weighted by atomic mass is 32.2. The van der Waals surface area contributed by atoms with Crippen LogP contribution in [0.2, 0.25) is 0 Å². The van der Waals surface area contributed by atoms with Crippen LogP contribution in [0.15, 0.2) is 0 Å². The summed E-state index contributed by atoms with van der Waals surface area (Å²) in [6, 6.07) is 0. The number of hydrogen-bond acceptors (Lipinski definition) is 2. The molecule has 0 N–H and O–H groups in total. The first kappa shape index (κ1) is 7.69. The Morgan fingerprint density at radius 3 is 2.75 bits per heavy atom. The van der Waals surface area contributed by atoms with Gasteiger partial charge < -0.3 is 4.74 Å². The molecule has 0 amide bonds. The van der Waals surface area contributed by atoms with Gasteiger partial charge in [0.15, 0.2) is 0 Å². The van der Waals surface area contributed by atoms with Gasteiger partial charge in [-0.2, -0.15) is 11.8 Å². The van der Waals surface area contributed by atoms with E-state index in [0.29, 0.717) is 0 Å². The highest BCUT2D eigenvalue weighted by molar-refractivity contribution is 8.01. The van der Waals surface area contributed by atoms with Gasteiger partial charge in [0, 0.05) is 22.3 Å². The van der Waals surface area contributed by atoms with Gasteiger partial charge in [-0.1, -0.05) is 0 Å². The van der Waals surface area contributed by atoms with Crippen molar-refractivity contribution in [3.63, 3.8) is 0 Å². The summed E-state index contributed by atoms with van der Waals surface area (Å²) in [5, 5.41) is 1.87. The minimum atomic E-state index is 0.178. The Hall–Kier alpha value is 0.310. The molecule has 0 aromatic heterocycles. The molecule has 0 aromatic rings. The number of ether oxygens (including phenoxy) is 1. The lowest BCUT2D eigenvalue weighted by Crippen LogP contribution is -2.36. The molecule has 12 heavy (non-hydrogen) atoms. The fraction of sp³-hybridized carbons (Fsp3) is 1.00. The van der Waals surface area contributed by atoms with Gasteiger partial charge in [-0.15, -0.1) is 0 Å². The molecule has 3 heterocycles. The van der Waals surface area contributed by atoms with E-state index in [0.717, 1.165) is 28.9 Å². The van der Waals surface area contributed by atoms with E-state index in [4.69, 9.17) is 4.74 Å². The Morgan fingerprint density at radius 2 is 2.00 bits per heavy atom. The maximum atomic E-state index is 5.87. The zero-order chi connectivity index (χ0) is 8.34. The summed E-state index contributed by atoms with van der Waals surface area (Å²) in [5.74, 6) is 1.75. The van der Waals surface area contributed by atoms with E-state index in [1.807, 2.05) is 0 Å². The average Bonchev–Trinajstić information content (AvgIpc) is 2.61. The van der Waals surface area contributed by atoms with Crippen molar-refractivity contribution >= 4 is 11.8 Å². The maximum absolute atomic E-state index is 5.87. The Balaban J connectivity index is 1.95. The van der Waals surface area contributed by atoms with Crippen molar-refractivity contribution in [2.75, 3.05) is 6.61 Å². The second kappa shape index (κ2) is 2.21. The Kier molecular flexibility index (Phi) is 1.42. The lowest BCUT2D eigenvalue weighted by atomic mass is 9.74.